The Morgan fingerprint density at radius 1 is 0.817 bits per heavy atom. The van der Waals surface area contributed by atoms with Crippen LogP contribution in [0.25, 0.3) is 0 Å². The first-order valence-corrected chi connectivity index (χ1v) is 21.7. The molecule has 7 rings (SSSR count). The third-order valence-electron chi connectivity index (χ3n) is 15.3. The highest BCUT2D eigenvalue weighted by Gasteiger charge is 2.55. The van der Waals surface area contributed by atoms with Crippen LogP contribution in [-0.4, -0.2) is 178 Å². The van der Waals surface area contributed by atoms with Gasteiger partial charge in [0, 0.05) is 37.4 Å². The third kappa shape index (κ3) is 8.99. The zero-order chi connectivity index (χ0) is 43.3. The Hall–Kier alpha value is -1.72. The molecule has 18 heteroatoms. The Morgan fingerprint density at radius 3 is 2.20 bits per heavy atom. The van der Waals surface area contributed by atoms with E-state index in [0.29, 0.717) is 25.7 Å². The monoisotopic (exact) mass is 858 g/mol. The molecule has 342 valence electrons. The number of ether oxygens (including phenoxy) is 8. The quantitative estimate of drug-likeness (QED) is 0.0845. The Balaban J connectivity index is 0.929. The normalized spacial score (nSPS) is 50.0. The largest absolute Gasteiger partial charge is 0.458 e. The molecular weight excluding hydrogens is 792 g/mol. The van der Waals surface area contributed by atoms with Crippen molar-refractivity contribution in [2.75, 3.05) is 26.9 Å². The molecule has 0 spiro atoms. The van der Waals surface area contributed by atoms with Crippen molar-refractivity contribution in [3.8, 4) is 0 Å². The summed E-state index contributed by atoms with van der Waals surface area (Å²) in [6.45, 7) is 5.19. The number of aliphatic hydroxyl groups excluding tert-OH is 8. The molecule has 60 heavy (non-hydrogen) atoms. The summed E-state index contributed by atoms with van der Waals surface area (Å²) in [4.78, 5) is 25.5. The molecule has 6 fully saturated rings. The summed E-state index contributed by atoms with van der Waals surface area (Å²) in [5, 5.41) is 83.5. The Labute approximate surface area is 350 Å². The number of carbonyl (C=O) groups is 2. The minimum Gasteiger partial charge on any atom is -0.458 e. The van der Waals surface area contributed by atoms with Crippen LogP contribution >= 0.6 is 0 Å². The molecule has 3 saturated heterocycles. The van der Waals surface area contributed by atoms with E-state index in [4.69, 9.17) is 37.9 Å². The fourth-order valence-electron chi connectivity index (χ4n) is 11.4. The molecule has 0 amide bonds. The van der Waals surface area contributed by atoms with Crippen LogP contribution < -0.4 is 0 Å². The van der Waals surface area contributed by atoms with Crippen molar-refractivity contribution in [1.29, 1.82) is 0 Å². The summed E-state index contributed by atoms with van der Waals surface area (Å²) in [5.74, 6) is 0.0835. The predicted octanol–water partition coefficient (Wildman–Crippen LogP) is -0.643. The third-order valence-corrected chi connectivity index (χ3v) is 15.3. The number of esters is 1. The standard InChI is InChI=1S/C42H66O18/c1-19-38(60-40-37(52)35(50)33(48)28(59-40)18-55-39-36(51)34(49)32(47)27(16-43)58-39)26(53-4)15-31(56-19)57-22-9-11-41(2)21(14-22)5-7-25(44)24(41)10-12-42(3)23(6-8-29(42)45)20-13-30(46)54-17-20/h13,19,21-24,26-29,31-40,43,45,47-52H,5-12,14-18H2,1-4H3/t19-,21-,22+,23-,24+,26-,27-,28-,29+,31+,32-,33-,34+,35+,36-,37-,38+,39-,40+,41+,42-/m1/s1. The van der Waals surface area contributed by atoms with E-state index in [9.17, 15) is 50.4 Å². The number of rotatable bonds is 13. The van der Waals surface area contributed by atoms with Gasteiger partial charge in [-0.2, -0.15) is 0 Å². The van der Waals surface area contributed by atoms with E-state index >= 15 is 0 Å². The van der Waals surface area contributed by atoms with Gasteiger partial charge in [-0.1, -0.05) is 13.8 Å². The molecule has 21 atom stereocenters. The molecule has 0 aromatic rings. The number of carbonyl (C=O) groups excluding carboxylic acids is 2. The van der Waals surface area contributed by atoms with Gasteiger partial charge in [0.1, 0.15) is 67.3 Å². The van der Waals surface area contributed by atoms with E-state index in [-0.39, 0.29) is 54.1 Å². The lowest BCUT2D eigenvalue weighted by Gasteiger charge is -2.52. The van der Waals surface area contributed by atoms with Gasteiger partial charge in [0.05, 0.1) is 37.6 Å². The summed E-state index contributed by atoms with van der Waals surface area (Å²) < 4.78 is 46.9. The fraction of sp³-hybridized carbons (Fsp3) is 0.905. The van der Waals surface area contributed by atoms with Crippen LogP contribution in [0.15, 0.2) is 11.6 Å². The SMILES string of the molecule is CO[C@@H]1C[C@H](O[C@H]2CC[C@@]3(C)[C@H](CCC(=O)[C@@H]3CC[C@]3(C)[C@@H](C4=CC(=O)OC4)CC[C@@H]3O)C2)O[C@H](C)[C@@H]1O[C@@H]1O[C@H](CO[C@@H]2O[C@H](CO)[C@@H](O)[C@H](O)[C@H]2O)[C@@H](O)[C@H](O)[C@H]1O. The number of hydrogen-bond donors (Lipinski definition) is 8. The Bertz CT molecular complexity index is 1530. The molecule has 0 bridgehead atoms. The molecule has 18 nitrogen and oxygen atoms in total. The number of hydrogen-bond acceptors (Lipinski definition) is 18. The lowest BCUT2D eigenvalue weighted by Crippen LogP contribution is -2.63. The summed E-state index contributed by atoms with van der Waals surface area (Å²) in [7, 11) is 1.51. The molecule has 3 aliphatic carbocycles. The minimum atomic E-state index is -1.72. The van der Waals surface area contributed by atoms with Crippen LogP contribution in [-0.2, 0) is 47.5 Å². The second kappa shape index (κ2) is 18.8. The lowest BCUT2D eigenvalue weighted by molar-refractivity contribution is -0.355. The van der Waals surface area contributed by atoms with Gasteiger partial charge in [0.15, 0.2) is 18.9 Å². The molecular formula is C42H66O18. The maximum atomic E-state index is 13.6. The zero-order valence-corrected chi connectivity index (χ0v) is 34.9. The first-order valence-electron chi connectivity index (χ1n) is 21.7. The smallest absolute Gasteiger partial charge is 0.331 e. The van der Waals surface area contributed by atoms with E-state index in [0.717, 1.165) is 37.7 Å². The van der Waals surface area contributed by atoms with Gasteiger partial charge in [-0.05, 0) is 81.1 Å². The van der Waals surface area contributed by atoms with Crippen molar-refractivity contribution < 1.29 is 88.3 Å². The second-order valence-electron chi connectivity index (χ2n) is 18.7. The van der Waals surface area contributed by atoms with Crippen LogP contribution in [0.5, 0.6) is 0 Å². The minimum absolute atomic E-state index is 0.0357. The average Bonchev–Trinajstić information content (AvgIpc) is 3.78. The molecule has 3 saturated carbocycles. The highest BCUT2D eigenvalue weighted by molar-refractivity contribution is 5.85. The van der Waals surface area contributed by atoms with Crippen molar-refractivity contribution in [1.82, 2.24) is 0 Å². The van der Waals surface area contributed by atoms with Crippen LogP contribution in [0.2, 0.25) is 0 Å². The van der Waals surface area contributed by atoms with Gasteiger partial charge in [0.2, 0.25) is 0 Å². The zero-order valence-electron chi connectivity index (χ0n) is 34.9. The molecule has 7 aliphatic rings. The van der Waals surface area contributed by atoms with E-state index in [1.54, 1.807) is 13.0 Å². The number of fused-ring (bicyclic) bond motifs is 1. The maximum Gasteiger partial charge on any atom is 0.331 e. The summed E-state index contributed by atoms with van der Waals surface area (Å²) in [6, 6.07) is 0. The first-order chi connectivity index (χ1) is 28.5. The lowest BCUT2D eigenvalue weighted by atomic mass is 9.53. The van der Waals surface area contributed by atoms with Gasteiger partial charge in [-0.3, -0.25) is 4.79 Å². The molecule has 0 unspecified atom stereocenters. The number of ketones is 1. The summed E-state index contributed by atoms with van der Waals surface area (Å²) in [5.41, 5.74) is 0.268. The van der Waals surface area contributed by atoms with Crippen LogP contribution in [0, 0.1) is 28.6 Å². The van der Waals surface area contributed by atoms with Gasteiger partial charge in [-0.15, -0.1) is 0 Å². The molecule has 0 aromatic carbocycles. The Morgan fingerprint density at radius 2 is 1.52 bits per heavy atom. The van der Waals surface area contributed by atoms with E-state index in [2.05, 4.69) is 13.8 Å². The van der Waals surface area contributed by atoms with Crippen LogP contribution in [0.3, 0.4) is 0 Å². The molecule has 4 aliphatic heterocycles. The van der Waals surface area contributed by atoms with E-state index in [1.165, 1.54) is 7.11 Å². The predicted molar refractivity (Wildman–Crippen MR) is 204 cm³/mol. The molecule has 0 radical (unpaired) electrons. The highest BCUT2D eigenvalue weighted by atomic mass is 16.8. The van der Waals surface area contributed by atoms with Crippen LogP contribution in [0.4, 0.5) is 0 Å². The first kappa shape index (κ1) is 46.3. The molecule has 0 aromatic heterocycles. The number of aliphatic hydroxyl groups is 8. The van der Waals surface area contributed by atoms with Gasteiger partial charge < -0.3 is 78.7 Å². The van der Waals surface area contributed by atoms with Crippen molar-refractivity contribution >= 4 is 11.8 Å². The number of cyclic esters (lactones) is 1. The average molecular weight is 859 g/mol. The van der Waals surface area contributed by atoms with E-state index in [1.807, 2.05) is 0 Å². The highest BCUT2D eigenvalue weighted by Crippen LogP contribution is 2.57. The van der Waals surface area contributed by atoms with Crippen molar-refractivity contribution in [2.24, 2.45) is 28.6 Å². The van der Waals surface area contributed by atoms with Gasteiger partial charge >= 0.3 is 5.97 Å². The topological polar surface area (TPSA) is 270 Å². The van der Waals surface area contributed by atoms with Crippen molar-refractivity contribution in [3.05, 3.63) is 11.6 Å². The molecule has 4 heterocycles. The summed E-state index contributed by atoms with van der Waals surface area (Å²) >= 11 is 0. The summed E-state index contributed by atoms with van der Waals surface area (Å²) in [6.07, 6.45) is -10.7. The fourth-order valence-corrected chi connectivity index (χ4v) is 11.4. The van der Waals surface area contributed by atoms with Crippen LogP contribution in [0.1, 0.15) is 85.0 Å². The number of methoxy groups -OCH3 is 1. The number of Topliss-reactive ketones (excluding diaryl/α,β-unsaturated/α-hetero) is 1. The van der Waals surface area contributed by atoms with Gasteiger partial charge in [0.25, 0.3) is 0 Å². The Kier molecular flexibility index (Phi) is 14.5. The maximum absolute atomic E-state index is 13.6. The second-order valence-corrected chi connectivity index (χ2v) is 18.7. The van der Waals surface area contributed by atoms with Crippen molar-refractivity contribution in [3.63, 3.8) is 0 Å². The van der Waals surface area contributed by atoms with E-state index < -0.39 is 111 Å². The van der Waals surface area contributed by atoms with Crippen molar-refractivity contribution in [2.45, 2.75) is 183 Å². The molecule has 8 N–H and O–H groups in total. The van der Waals surface area contributed by atoms with Gasteiger partial charge in [-0.25, -0.2) is 4.79 Å².